The Labute approximate surface area is 113 Å². The molecule has 0 saturated heterocycles. The van der Waals surface area contributed by atoms with Gasteiger partial charge in [-0.25, -0.2) is 4.39 Å². The molecule has 1 heterocycles. The van der Waals surface area contributed by atoms with Crippen LogP contribution in [-0.2, 0) is 5.75 Å². The second kappa shape index (κ2) is 5.66. The van der Waals surface area contributed by atoms with E-state index in [1.807, 2.05) is 0 Å². The smallest absolute Gasteiger partial charge is 0.193 e. The maximum absolute atomic E-state index is 13.6. The highest BCUT2D eigenvalue weighted by atomic mass is 32.2. The number of halogens is 1. The molecule has 0 aliphatic rings. The lowest BCUT2D eigenvalue weighted by atomic mass is 10.1. The Balaban J connectivity index is 2.25. The number of nitrogens with one attached hydrogen (secondary N) is 1. The van der Waals surface area contributed by atoms with E-state index in [0.29, 0.717) is 16.7 Å². The summed E-state index contributed by atoms with van der Waals surface area (Å²) in [6, 6.07) is 6.40. The van der Waals surface area contributed by atoms with Gasteiger partial charge in [0.2, 0.25) is 0 Å². The summed E-state index contributed by atoms with van der Waals surface area (Å²) in [6.45, 7) is 0. The van der Waals surface area contributed by atoms with E-state index >= 15 is 0 Å². The van der Waals surface area contributed by atoms with Gasteiger partial charge in [0, 0.05) is 17.3 Å². The van der Waals surface area contributed by atoms with Crippen molar-refractivity contribution < 1.29 is 4.39 Å². The van der Waals surface area contributed by atoms with Crippen LogP contribution in [0.25, 0.3) is 10.9 Å². The van der Waals surface area contributed by atoms with Crippen LogP contribution in [0.2, 0.25) is 0 Å². The van der Waals surface area contributed by atoms with Crippen molar-refractivity contribution in [3.8, 4) is 0 Å². The molecule has 5 nitrogen and oxygen atoms in total. The van der Waals surface area contributed by atoms with E-state index in [9.17, 15) is 4.39 Å². The molecule has 7 heteroatoms. The Morgan fingerprint density at radius 2 is 2.16 bits per heavy atom. The zero-order chi connectivity index (χ0) is 13.8. The molecule has 0 unspecified atom stereocenters. The highest BCUT2D eigenvalue weighted by molar-refractivity contribution is 8.13. The highest BCUT2D eigenvalue weighted by Crippen LogP contribution is 2.23. The lowest BCUT2D eigenvalue weighted by Gasteiger charge is -2.05. The average Bonchev–Trinajstić information content (AvgIpc) is 2.37. The molecule has 0 saturated carbocycles. The minimum Gasteiger partial charge on any atom is -0.370 e. The fourth-order valence-corrected chi connectivity index (χ4v) is 2.30. The van der Waals surface area contributed by atoms with Crippen molar-refractivity contribution in [2.75, 3.05) is 0 Å². The molecule has 0 bridgehead atoms. The highest BCUT2D eigenvalue weighted by Gasteiger charge is 2.07. The van der Waals surface area contributed by atoms with Crippen LogP contribution in [-0.4, -0.2) is 16.1 Å². The molecule has 2 rings (SSSR count). The third kappa shape index (κ3) is 3.19. The van der Waals surface area contributed by atoms with Gasteiger partial charge in [-0.15, -0.1) is 0 Å². The SMILES string of the molecule is N=C(N=C(N)N)SCc1ccc(F)c2cccnc12. The van der Waals surface area contributed by atoms with Crippen molar-refractivity contribution in [2.24, 2.45) is 16.5 Å². The zero-order valence-electron chi connectivity index (χ0n) is 9.93. The molecule has 0 fully saturated rings. The van der Waals surface area contributed by atoms with Crippen molar-refractivity contribution in [3.05, 3.63) is 41.8 Å². The van der Waals surface area contributed by atoms with E-state index < -0.39 is 0 Å². The van der Waals surface area contributed by atoms with Gasteiger partial charge in [-0.3, -0.25) is 10.4 Å². The predicted octanol–water partition coefficient (Wildman–Crippen LogP) is 1.82. The Bertz CT molecular complexity index is 652. The minimum atomic E-state index is -0.309. The average molecular weight is 277 g/mol. The summed E-state index contributed by atoms with van der Waals surface area (Å²) in [6.07, 6.45) is 1.61. The van der Waals surface area contributed by atoms with Crippen molar-refractivity contribution in [2.45, 2.75) is 5.75 Å². The molecule has 0 aliphatic heterocycles. The minimum absolute atomic E-state index is 0.00778. The quantitative estimate of drug-likeness (QED) is 0.575. The summed E-state index contributed by atoms with van der Waals surface area (Å²) in [5.74, 6) is -0.0145. The fraction of sp³-hybridized carbons (Fsp3) is 0.0833. The van der Waals surface area contributed by atoms with E-state index in [4.69, 9.17) is 16.9 Å². The molecule has 5 N–H and O–H groups in total. The first-order valence-corrected chi connectivity index (χ1v) is 6.39. The van der Waals surface area contributed by atoms with E-state index in [0.717, 1.165) is 17.3 Å². The van der Waals surface area contributed by atoms with Crippen LogP contribution in [0.5, 0.6) is 0 Å². The van der Waals surface area contributed by atoms with Crippen LogP contribution in [0.1, 0.15) is 5.56 Å². The number of nitrogens with two attached hydrogens (primary N) is 2. The first-order valence-electron chi connectivity index (χ1n) is 5.41. The number of hydrogen-bond donors (Lipinski definition) is 3. The Hall–Kier alpha value is -2.15. The van der Waals surface area contributed by atoms with Gasteiger partial charge in [0.1, 0.15) is 5.82 Å². The molecule has 98 valence electrons. The Morgan fingerprint density at radius 1 is 1.37 bits per heavy atom. The van der Waals surface area contributed by atoms with Gasteiger partial charge >= 0.3 is 0 Å². The number of benzene rings is 1. The standard InChI is InChI=1S/C12H12FN5S/c13-9-4-3-7(6-19-12(16)18-11(14)15)10-8(9)2-1-5-17-10/h1-5H,6H2,(H5,14,15,16,18). The second-order valence-electron chi connectivity index (χ2n) is 3.74. The van der Waals surface area contributed by atoms with Crippen molar-refractivity contribution in [1.82, 2.24) is 4.98 Å². The zero-order valence-corrected chi connectivity index (χ0v) is 10.7. The number of thioether (sulfide) groups is 1. The number of aromatic nitrogens is 1. The third-order valence-corrected chi connectivity index (χ3v) is 3.22. The van der Waals surface area contributed by atoms with Gasteiger partial charge in [0.25, 0.3) is 0 Å². The molecule has 2 aromatic rings. The molecule has 1 aromatic carbocycles. The number of nitrogens with zero attached hydrogens (tertiary/aromatic N) is 2. The largest absolute Gasteiger partial charge is 0.370 e. The maximum atomic E-state index is 13.6. The van der Waals surface area contributed by atoms with E-state index in [-0.39, 0.29) is 16.9 Å². The lowest BCUT2D eigenvalue weighted by Crippen LogP contribution is -2.23. The van der Waals surface area contributed by atoms with Crippen LogP contribution >= 0.6 is 11.8 Å². The number of fused-ring (bicyclic) bond motifs is 1. The summed E-state index contributed by atoms with van der Waals surface area (Å²) < 4.78 is 13.6. The van der Waals surface area contributed by atoms with E-state index in [1.54, 1.807) is 24.4 Å². The van der Waals surface area contributed by atoms with Crippen LogP contribution in [0.3, 0.4) is 0 Å². The van der Waals surface area contributed by atoms with Gasteiger partial charge < -0.3 is 11.5 Å². The van der Waals surface area contributed by atoms with Crippen LogP contribution in [0.4, 0.5) is 4.39 Å². The van der Waals surface area contributed by atoms with Gasteiger partial charge in [-0.2, -0.15) is 4.99 Å². The first kappa shape index (κ1) is 13.3. The summed E-state index contributed by atoms with van der Waals surface area (Å²) >= 11 is 1.15. The molecule has 0 aliphatic carbocycles. The first-order chi connectivity index (χ1) is 9.08. The van der Waals surface area contributed by atoms with Gasteiger partial charge in [0.05, 0.1) is 5.52 Å². The molecule has 0 amide bonds. The molecule has 19 heavy (non-hydrogen) atoms. The summed E-state index contributed by atoms with van der Waals surface area (Å²) in [5.41, 5.74) is 11.8. The number of pyridine rings is 1. The van der Waals surface area contributed by atoms with Crippen molar-refractivity contribution >= 4 is 33.8 Å². The van der Waals surface area contributed by atoms with Crippen LogP contribution in [0.15, 0.2) is 35.5 Å². The van der Waals surface area contributed by atoms with E-state index in [1.165, 1.54) is 6.07 Å². The van der Waals surface area contributed by atoms with Crippen LogP contribution in [0, 0.1) is 11.2 Å². The molecule has 0 radical (unpaired) electrons. The van der Waals surface area contributed by atoms with Crippen LogP contribution < -0.4 is 11.5 Å². The summed E-state index contributed by atoms with van der Waals surface area (Å²) in [5, 5.41) is 8.01. The van der Waals surface area contributed by atoms with Crippen molar-refractivity contribution in [3.63, 3.8) is 0 Å². The molecule has 0 atom stereocenters. The van der Waals surface area contributed by atoms with Gasteiger partial charge in [-0.1, -0.05) is 17.8 Å². The second-order valence-corrected chi connectivity index (χ2v) is 4.70. The Kier molecular flexibility index (Phi) is 3.96. The van der Waals surface area contributed by atoms with Crippen molar-refractivity contribution in [1.29, 1.82) is 5.41 Å². The third-order valence-electron chi connectivity index (χ3n) is 2.40. The van der Waals surface area contributed by atoms with E-state index in [2.05, 4.69) is 9.98 Å². The fourth-order valence-electron chi connectivity index (χ4n) is 1.61. The van der Waals surface area contributed by atoms with Gasteiger partial charge in [-0.05, 0) is 23.8 Å². The number of hydrogen-bond acceptors (Lipinski definition) is 3. The molecular weight excluding hydrogens is 265 g/mol. The normalized spacial score (nSPS) is 10.4. The summed E-state index contributed by atoms with van der Waals surface area (Å²) in [4.78, 5) is 7.79. The lowest BCUT2D eigenvalue weighted by molar-refractivity contribution is 0.639. The monoisotopic (exact) mass is 277 g/mol. The molecular formula is C12H12FN5S. The topological polar surface area (TPSA) is 101 Å². The molecule has 0 spiro atoms. The molecule has 1 aromatic heterocycles. The number of amidine groups is 1. The maximum Gasteiger partial charge on any atom is 0.193 e. The number of guanidine groups is 1. The number of aliphatic imine (C=N–C) groups is 1. The summed E-state index contributed by atoms with van der Waals surface area (Å²) in [7, 11) is 0. The predicted molar refractivity (Wildman–Crippen MR) is 76.5 cm³/mol. The van der Waals surface area contributed by atoms with Gasteiger partial charge in [0.15, 0.2) is 11.1 Å². The number of rotatable bonds is 2. The Morgan fingerprint density at radius 3 is 2.89 bits per heavy atom.